The van der Waals surface area contributed by atoms with Crippen molar-refractivity contribution < 1.29 is 0 Å². The van der Waals surface area contributed by atoms with Crippen molar-refractivity contribution in [2.24, 2.45) is 5.84 Å². The Bertz CT molecular complexity index is 482. The highest BCUT2D eigenvalue weighted by atomic mass is 79.9. The summed E-state index contributed by atoms with van der Waals surface area (Å²) >= 11 is 6.98. The molecule has 1 unspecified atom stereocenters. The molecule has 1 atom stereocenters. The fraction of sp³-hybridized carbons (Fsp3) is 0.167. The minimum absolute atomic E-state index is 0.0419. The number of rotatable bonds is 4. The van der Waals surface area contributed by atoms with Crippen LogP contribution in [0.3, 0.4) is 0 Å². The summed E-state index contributed by atoms with van der Waals surface area (Å²) in [5.74, 6) is 5.67. The fourth-order valence-corrected chi connectivity index (χ4v) is 3.73. The van der Waals surface area contributed by atoms with Crippen LogP contribution in [-0.2, 0) is 0 Å². The average molecular weight is 329 g/mol. The van der Waals surface area contributed by atoms with Crippen LogP contribution in [0.1, 0.15) is 16.5 Å². The predicted octanol–water partition coefficient (Wildman–Crippen LogP) is 3.79. The van der Waals surface area contributed by atoms with E-state index in [1.165, 1.54) is 15.3 Å². The highest BCUT2D eigenvalue weighted by Gasteiger charge is 2.16. The Kier molecular flexibility index (Phi) is 4.64. The number of thiophene rings is 1. The summed E-state index contributed by atoms with van der Waals surface area (Å²) in [6.07, 6.45) is 2.07. The van der Waals surface area contributed by atoms with Gasteiger partial charge in [0.05, 0.1) is 6.04 Å². The lowest BCUT2D eigenvalue weighted by atomic mass is 10.1. The molecular weight excluding hydrogens is 316 g/mol. The van der Waals surface area contributed by atoms with Gasteiger partial charge < -0.3 is 0 Å². The predicted molar refractivity (Wildman–Crippen MR) is 79.4 cm³/mol. The van der Waals surface area contributed by atoms with Crippen LogP contribution in [0.4, 0.5) is 0 Å². The number of hydrazine groups is 1. The largest absolute Gasteiger partial charge is 0.271 e. The van der Waals surface area contributed by atoms with Gasteiger partial charge in [0.15, 0.2) is 0 Å². The molecular formula is C12H13BrN2S2. The number of thioether (sulfide) groups is 1. The monoisotopic (exact) mass is 328 g/mol. The molecule has 0 aliphatic carbocycles. The Morgan fingerprint density at radius 2 is 2.00 bits per heavy atom. The van der Waals surface area contributed by atoms with Crippen molar-refractivity contribution in [1.82, 2.24) is 5.43 Å². The van der Waals surface area contributed by atoms with Crippen molar-refractivity contribution in [2.75, 3.05) is 6.26 Å². The van der Waals surface area contributed by atoms with E-state index < -0.39 is 0 Å². The molecule has 1 heterocycles. The van der Waals surface area contributed by atoms with Gasteiger partial charge in [0.1, 0.15) is 0 Å². The van der Waals surface area contributed by atoms with Gasteiger partial charge in [-0.2, -0.15) is 0 Å². The van der Waals surface area contributed by atoms with Gasteiger partial charge in [-0.25, -0.2) is 5.43 Å². The first kappa shape index (κ1) is 13.1. The van der Waals surface area contributed by atoms with Crippen molar-refractivity contribution in [3.8, 4) is 0 Å². The Balaban J connectivity index is 2.32. The van der Waals surface area contributed by atoms with E-state index in [1.807, 2.05) is 6.07 Å². The second-order valence-electron chi connectivity index (χ2n) is 3.51. The molecule has 0 bridgehead atoms. The van der Waals surface area contributed by atoms with E-state index in [2.05, 4.69) is 57.3 Å². The first-order valence-electron chi connectivity index (χ1n) is 5.09. The van der Waals surface area contributed by atoms with Gasteiger partial charge in [-0.1, -0.05) is 12.1 Å². The molecule has 0 amide bonds. The number of nitrogens with two attached hydrogens (primary N) is 1. The van der Waals surface area contributed by atoms with E-state index in [1.54, 1.807) is 23.1 Å². The molecule has 1 aromatic heterocycles. The molecule has 0 saturated heterocycles. The third-order valence-electron chi connectivity index (χ3n) is 2.52. The Morgan fingerprint density at radius 3 is 2.47 bits per heavy atom. The third-order valence-corrected chi connectivity index (χ3v) is 5.20. The molecule has 17 heavy (non-hydrogen) atoms. The maximum atomic E-state index is 5.67. The Morgan fingerprint density at radius 1 is 1.29 bits per heavy atom. The van der Waals surface area contributed by atoms with Gasteiger partial charge in [0, 0.05) is 14.2 Å². The quantitative estimate of drug-likeness (QED) is 0.509. The highest BCUT2D eigenvalue weighted by Crippen LogP contribution is 2.33. The van der Waals surface area contributed by atoms with Crippen LogP contribution < -0.4 is 11.3 Å². The first-order valence-corrected chi connectivity index (χ1v) is 7.99. The molecule has 0 aliphatic rings. The second-order valence-corrected chi connectivity index (χ2v) is 6.19. The van der Waals surface area contributed by atoms with Crippen molar-refractivity contribution in [3.05, 3.63) is 50.6 Å². The molecule has 3 N–H and O–H groups in total. The van der Waals surface area contributed by atoms with E-state index in [4.69, 9.17) is 5.84 Å². The number of benzene rings is 1. The molecule has 0 radical (unpaired) electrons. The zero-order chi connectivity index (χ0) is 12.3. The van der Waals surface area contributed by atoms with E-state index in [-0.39, 0.29) is 6.04 Å². The first-order chi connectivity index (χ1) is 8.26. The normalized spacial score (nSPS) is 12.6. The number of hydrogen-bond acceptors (Lipinski definition) is 4. The van der Waals surface area contributed by atoms with E-state index in [0.717, 1.165) is 4.47 Å². The standard InChI is InChI=1S/C12H13BrN2S2/c1-16-9-4-2-8(3-5-9)11(15-14)12-10(13)6-7-17-12/h2-7,11,15H,14H2,1H3. The van der Waals surface area contributed by atoms with Crippen LogP contribution in [0, 0.1) is 0 Å². The van der Waals surface area contributed by atoms with E-state index >= 15 is 0 Å². The van der Waals surface area contributed by atoms with Gasteiger partial charge in [-0.15, -0.1) is 23.1 Å². The SMILES string of the molecule is CSc1ccc(C(NN)c2sccc2Br)cc1. The second kappa shape index (κ2) is 6.02. The lowest BCUT2D eigenvalue weighted by Gasteiger charge is -2.15. The molecule has 2 nitrogen and oxygen atoms in total. The molecule has 2 rings (SSSR count). The maximum Gasteiger partial charge on any atom is 0.0813 e. The maximum absolute atomic E-state index is 5.67. The van der Waals surface area contributed by atoms with Gasteiger partial charge in [0.25, 0.3) is 0 Å². The minimum Gasteiger partial charge on any atom is -0.271 e. The third kappa shape index (κ3) is 2.92. The molecule has 0 saturated carbocycles. The zero-order valence-corrected chi connectivity index (χ0v) is 12.5. The van der Waals surface area contributed by atoms with Crippen LogP contribution in [-0.4, -0.2) is 6.26 Å². The van der Waals surface area contributed by atoms with Crippen molar-refractivity contribution in [1.29, 1.82) is 0 Å². The minimum atomic E-state index is 0.0419. The summed E-state index contributed by atoms with van der Waals surface area (Å²) in [6.45, 7) is 0. The van der Waals surface area contributed by atoms with Crippen LogP contribution in [0.5, 0.6) is 0 Å². The highest BCUT2D eigenvalue weighted by molar-refractivity contribution is 9.10. The number of halogens is 1. The Labute approximate surface area is 118 Å². The molecule has 2 aromatic rings. The summed E-state index contributed by atoms with van der Waals surface area (Å²) in [7, 11) is 0. The Hall–Kier alpha value is -0.330. The smallest absolute Gasteiger partial charge is 0.0813 e. The lowest BCUT2D eigenvalue weighted by Crippen LogP contribution is -2.28. The average Bonchev–Trinajstić information content (AvgIpc) is 2.78. The van der Waals surface area contributed by atoms with Crippen LogP contribution >= 0.6 is 39.0 Å². The van der Waals surface area contributed by atoms with Crippen molar-refractivity contribution in [3.63, 3.8) is 0 Å². The summed E-state index contributed by atoms with van der Waals surface area (Å²) in [6, 6.07) is 10.5. The van der Waals surface area contributed by atoms with Crippen molar-refractivity contribution in [2.45, 2.75) is 10.9 Å². The molecule has 1 aromatic carbocycles. The summed E-state index contributed by atoms with van der Waals surface area (Å²) < 4.78 is 1.10. The van der Waals surface area contributed by atoms with Crippen molar-refractivity contribution >= 4 is 39.0 Å². The van der Waals surface area contributed by atoms with Gasteiger partial charge in [-0.05, 0) is 51.3 Å². The van der Waals surface area contributed by atoms with Gasteiger partial charge in [0.2, 0.25) is 0 Å². The van der Waals surface area contributed by atoms with E-state index in [9.17, 15) is 0 Å². The summed E-state index contributed by atoms with van der Waals surface area (Å²) in [5.41, 5.74) is 4.05. The topological polar surface area (TPSA) is 38.0 Å². The van der Waals surface area contributed by atoms with Gasteiger partial charge in [-0.3, -0.25) is 5.84 Å². The molecule has 90 valence electrons. The summed E-state index contributed by atoms with van der Waals surface area (Å²) in [4.78, 5) is 2.46. The summed E-state index contributed by atoms with van der Waals surface area (Å²) in [5, 5.41) is 2.06. The fourth-order valence-electron chi connectivity index (χ4n) is 1.63. The zero-order valence-electron chi connectivity index (χ0n) is 9.31. The molecule has 5 heteroatoms. The molecule has 0 aliphatic heterocycles. The van der Waals surface area contributed by atoms with E-state index in [0.29, 0.717) is 0 Å². The van der Waals surface area contributed by atoms with Crippen LogP contribution in [0.25, 0.3) is 0 Å². The molecule has 0 fully saturated rings. The van der Waals surface area contributed by atoms with Crippen LogP contribution in [0.2, 0.25) is 0 Å². The van der Waals surface area contributed by atoms with Crippen LogP contribution in [0.15, 0.2) is 45.1 Å². The number of hydrogen-bond donors (Lipinski definition) is 2. The van der Waals surface area contributed by atoms with Gasteiger partial charge >= 0.3 is 0 Å². The number of nitrogens with one attached hydrogen (secondary N) is 1. The molecule has 0 spiro atoms. The lowest BCUT2D eigenvalue weighted by molar-refractivity contribution is 0.644.